The molecule has 0 heterocycles. The van der Waals surface area contributed by atoms with Gasteiger partial charge in [0, 0.05) is 53.1 Å². The Hall–Kier alpha value is -1.10. The van der Waals surface area contributed by atoms with Crippen molar-refractivity contribution in [2.75, 3.05) is 40.3 Å². The fourth-order valence-corrected chi connectivity index (χ4v) is 1.47. The number of carbonyl (C=O) groups is 2. The molecule has 5 heteroatoms. The Morgan fingerprint density at radius 2 is 1.41 bits per heavy atom. The maximum atomic E-state index is 11.6. The van der Waals surface area contributed by atoms with E-state index in [0.29, 0.717) is 25.9 Å². The molecule has 0 saturated heterocycles. The number of carbonyl (C=O) groups excluding carboxylic acids is 2. The molecule has 0 fully saturated rings. The first-order valence-corrected chi connectivity index (χ1v) is 6.21. The lowest BCUT2D eigenvalue weighted by Gasteiger charge is -2.18. The molecule has 0 spiro atoms. The Balaban J connectivity index is 3.58. The van der Waals surface area contributed by atoms with E-state index in [0.717, 1.165) is 13.1 Å². The second kappa shape index (κ2) is 8.98. The van der Waals surface area contributed by atoms with Crippen LogP contribution in [0.15, 0.2) is 0 Å². The predicted octanol–water partition coefficient (Wildman–Crippen LogP) is 0.313. The molecule has 100 valence electrons. The zero-order valence-corrected chi connectivity index (χ0v) is 11.5. The van der Waals surface area contributed by atoms with Crippen molar-refractivity contribution in [2.24, 2.45) is 0 Å². The lowest BCUT2D eigenvalue weighted by molar-refractivity contribution is -0.130. The van der Waals surface area contributed by atoms with Crippen molar-refractivity contribution in [2.45, 2.75) is 26.7 Å². The molecule has 0 aliphatic rings. The van der Waals surface area contributed by atoms with Crippen LogP contribution in [-0.4, -0.2) is 61.9 Å². The van der Waals surface area contributed by atoms with Gasteiger partial charge < -0.3 is 15.1 Å². The lowest BCUT2D eigenvalue weighted by atomic mass is 10.3. The number of nitrogens with zero attached hydrogens (tertiary/aromatic N) is 2. The summed E-state index contributed by atoms with van der Waals surface area (Å²) in [6.07, 6.45) is 0.976. The monoisotopic (exact) mass is 243 g/mol. The molecule has 1 N–H and O–H groups in total. The second-order valence-corrected chi connectivity index (χ2v) is 4.10. The van der Waals surface area contributed by atoms with Crippen LogP contribution < -0.4 is 5.32 Å². The summed E-state index contributed by atoms with van der Waals surface area (Å²) in [5, 5.41) is 3.11. The average molecular weight is 243 g/mol. The van der Waals surface area contributed by atoms with Gasteiger partial charge in [0.15, 0.2) is 0 Å². The van der Waals surface area contributed by atoms with E-state index >= 15 is 0 Å². The van der Waals surface area contributed by atoms with Crippen molar-refractivity contribution in [1.29, 1.82) is 0 Å². The van der Waals surface area contributed by atoms with Gasteiger partial charge in [-0.2, -0.15) is 0 Å². The molecule has 0 bridgehead atoms. The molecule has 0 rings (SSSR count). The molecule has 0 aromatic heterocycles. The van der Waals surface area contributed by atoms with E-state index < -0.39 is 0 Å². The van der Waals surface area contributed by atoms with Crippen molar-refractivity contribution >= 4 is 11.8 Å². The lowest BCUT2D eigenvalue weighted by Crippen LogP contribution is -2.33. The fraction of sp³-hybridized carbons (Fsp3) is 0.833. The number of hydrogen-bond donors (Lipinski definition) is 1. The Kier molecular flexibility index (Phi) is 8.40. The van der Waals surface area contributed by atoms with Crippen LogP contribution in [0, 0.1) is 0 Å². The Morgan fingerprint density at radius 1 is 0.941 bits per heavy atom. The zero-order chi connectivity index (χ0) is 13.3. The number of amides is 2. The van der Waals surface area contributed by atoms with Crippen LogP contribution in [0.4, 0.5) is 0 Å². The molecule has 0 radical (unpaired) electrons. The Morgan fingerprint density at radius 3 is 1.82 bits per heavy atom. The van der Waals surface area contributed by atoms with Gasteiger partial charge in [-0.3, -0.25) is 9.59 Å². The van der Waals surface area contributed by atoms with E-state index in [1.807, 2.05) is 18.7 Å². The molecule has 5 nitrogen and oxygen atoms in total. The molecule has 0 aliphatic heterocycles. The van der Waals surface area contributed by atoms with Gasteiger partial charge in [0.2, 0.25) is 11.8 Å². The van der Waals surface area contributed by atoms with Crippen LogP contribution >= 0.6 is 0 Å². The minimum atomic E-state index is 0.104. The third kappa shape index (κ3) is 6.94. The minimum Gasteiger partial charge on any atom is -0.349 e. The topological polar surface area (TPSA) is 52.7 Å². The van der Waals surface area contributed by atoms with Gasteiger partial charge in [-0.1, -0.05) is 0 Å². The van der Waals surface area contributed by atoms with Gasteiger partial charge in [0.25, 0.3) is 0 Å². The first-order valence-electron chi connectivity index (χ1n) is 6.21. The van der Waals surface area contributed by atoms with Gasteiger partial charge in [0.05, 0.1) is 0 Å². The van der Waals surface area contributed by atoms with E-state index in [9.17, 15) is 9.59 Å². The van der Waals surface area contributed by atoms with Crippen LogP contribution in [0.2, 0.25) is 0 Å². The second-order valence-electron chi connectivity index (χ2n) is 4.10. The van der Waals surface area contributed by atoms with E-state index in [4.69, 9.17) is 0 Å². The van der Waals surface area contributed by atoms with E-state index in [1.165, 1.54) is 0 Å². The Bertz CT molecular complexity index is 238. The highest BCUT2D eigenvalue weighted by molar-refractivity contribution is 5.76. The molecule has 0 saturated carbocycles. The largest absolute Gasteiger partial charge is 0.349 e. The van der Waals surface area contributed by atoms with Gasteiger partial charge >= 0.3 is 0 Å². The third-order valence-electron chi connectivity index (χ3n) is 2.65. The van der Waals surface area contributed by atoms with Crippen molar-refractivity contribution in [1.82, 2.24) is 15.1 Å². The number of hydrogen-bond acceptors (Lipinski definition) is 3. The summed E-state index contributed by atoms with van der Waals surface area (Å²) in [6, 6.07) is 0. The quantitative estimate of drug-likeness (QED) is 0.624. The van der Waals surface area contributed by atoms with E-state index in [-0.39, 0.29) is 11.8 Å². The fourth-order valence-electron chi connectivity index (χ4n) is 1.47. The zero-order valence-electron chi connectivity index (χ0n) is 11.5. The molecule has 0 atom stereocenters. The van der Waals surface area contributed by atoms with Crippen LogP contribution in [0.3, 0.4) is 0 Å². The molecule has 17 heavy (non-hydrogen) atoms. The van der Waals surface area contributed by atoms with Gasteiger partial charge in [-0.15, -0.1) is 0 Å². The maximum absolute atomic E-state index is 11.6. The van der Waals surface area contributed by atoms with Crippen LogP contribution in [0.1, 0.15) is 26.7 Å². The molecule has 0 unspecified atom stereocenters. The van der Waals surface area contributed by atoms with Gasteiger partial charge in [-0.05, 0) is 13.8 Å². The summed E-state index contributed by atoms with van der Waals surface area (Å²) in [5.41, 5.74) is 0. The van der Waals surface area contributed by atoms with Crippen molar-refractivity contribution < 1.29 is 9.59 Å². The van der Waals surface area contributed by atoms with Crippen LogP contribution in [0.5, 0.6) is 0 Å². The maximum Gasteiger partial charge on any atom is 0.223 e. The van der Waals surface area contributed by atoms with Crippen LogP contribution in [0.25, 0.3) is 0 Å². The average Bonchev–Trinajstić information content (AvgIpc) is 2.29. The highest BCUT2D eigenvalue weighted by Gasteiger charge is 2.08. The number of nitrogens with one attached hydrogen (secondary N) is 1. The SMILES string of the molecule is CCN(CC)C(=O)CCNCCC(=O)N(C)C. The molecular weight excluding hydrogens is 218 g/mol. The summed E-state index contributed by atoms with van der Waals surface area (Å²) in [6.45, 7) is 6.73. The highest BCUT2D eigenvalue weighted by atomic mass is 16.2. The predicted molar refractivity (Wildman–Crippen MR) is 68.7 cm³/mol. The highest BCUT2D eigenvalue weighted by Crippen LogP contribution is 1.93. The van der Waals surface area contributed by atoms with Crippen molar-refractivity contribution in [3.8, 4) is 0 Å². The van der Waals surface area contributed by atoms with Gasteiger partial charge in [0.1, 0.15) is 0 Å². The van der Waals surface area contributed by atoms with E-state index in [1.54, 1.807) is 19.0 Å². The summed E-state index contributed by atoms with van der Waals surface area (Å²) in [5.74, 6) is 0.272. The van der Waals surface area contributed by atoms with Crippen LogP contribution in [-0.2, 0) is 9.59 Å². The number of rotatable bonds is 8. The molecule has 0 aromatic rings. The van der Waals surface area contributed by atoms with Gasteiger partial charge in [-0.25, -0.2) is 0 Å². The minimum absolute atomic E-state index is 0.104. The standard InChI is InChI=1S/C12H25N3O2/c1-5-15(6-2)12(17)8-10-13-9-7-11(16)14(3)4/h13H,5-10H2,1-4H3. The summed E-state index contributed by atoms with van der Waals surface area (Å²) >= 11 is 0. The summed E-state index contributed by atoms with van der Waals surface area (Å²) in [7, 11) is 3.48. The first kappa shape index (κ1) is 15.9. The molecule has 0 aromatic carbocycles. The van der Waals surface area contributed by atoms with Crippen molar-refractivity contribution in [3.63, 3.8) is 0 Å². The third-order valence-corrected chi connectivity index (χ3v) is 2.65. The summed E-state index contributed by atoms with van der Waals surface area (Å²) < 4.78 is 0. The first-order chi connectivity index (χ1) is 8.02. The molecule has 2 amide bonds. The smallest absolute Gasteiger partial charge is 0.223 e. The molecule has 0 aliphatic carbocycles. The van der Waals surface area contributed by atoms with E-state index in [2.05, 4.69) is 5.32 Å². The normalized spacial score (nSPS) is 10.1. The summed E-state index contributed by atoms with van der Waals surface area (Å²) in [4.78, 5) is 26.3. The molecular formula is C12H25N3O2. The Labute approximate surface area is 104 Å². The van der Waals surface area contributed by atoms with Crippen molar-refractivity contribution in [3.05, 3.63) is 0 Å².